The van der Waals surface area contributed by atoms with Crippen LogP contribution in [0.3, 0.4) is 0 Å². The van der Waals surface area contributed by atoms with Crippen LogP contribution in [0.25, 0.3) is 0 Å². The van der Waals surface area contributed by atoms with Gasteiger partial charge in [0.05, 0.1) is 13.2 Å². The Labute approximate surface area is 134 Å². The number of rotatable bonds is 4. The molecule has 0 radical (unpaired) electrons. The minimum atomic E-state index is -0.938. The first kappa shape index (κ1) is 16.2. The molecule has 0 heterocycles. The van der Waals surface area contributed by atoms with Crippen molar-refractivity contribution in [3.63, 3.8) is 0 Å². The van der Waals surface area contributed by atoms with E-state index in [0.29, 0.717) is 20.8 Å². The molecule has 0 bridgehead atoms. The van der Waals surface area contributed by atoms with Crippen LogP contribution in [0.15, 0.2) is 34.8 Å². The molecule has 1 unspecified atom stereocenters. The Morgan fingerprint density at radius 1 is 1.24 bits per heavy atom. The molecule has 7 heteroatoms. The first-order valence-electron chi connectivity index (χ1n) is 5.92. The fraction of sp³-hybridized carbons (Fsp3) is 0.143. The fourth-order valence-electron chi connectivity index (χ4n) is 2.09. The molecule has 0 saturated carbocycles. The standard InChI is InChI=1S/C14H12BrClF2N2O/c1-21-12-3-2-8(16)6-9(12)14(20-19)13-10(17)4-7(15)5-11(13)18/h2-6,14,20H,19H2,1H3. The molecular weight excluding hydrogens is 366 g/mol. The number of ether oxygens (including phenoxy) is 1. The normalized spacial score (nSPS) is 12.3. The van der Waals surface area contributed by atoms with E-state index in [2.05, 4.69) is 21.4 Å². The zero-order valence-corrected chi connectivity index (χ0v) is 13.3. The second-order valence-corrected chi connectivity index (χ2v) is 5.62. The largest absolute Gasteiger partial charge is 0.496 e. The summed E-state index contributed by atoms with van der Waals surface area (Å²) in [5, 5.41) is 0.406. The summed E-state index contributed by atoms with van der Waals surface area (Å²) in [6, 6.07) is 6.17. The molecule has 21 heavy (non-hydrogen) atoms. The SMILES string of the molecule is COc1ccc(Cl)cc1C(NN)c1c(F)cc(Br)cc1F. The van der Waals surface area contributed by atoms with E-state index in [-0.39, 0.29) is 5.56 Å². The molecule has 3 nitrogen and oxygen atoms in total. The zero-order valence-electron chi connectivity index (χ0n) is 11.0. The number of hydrogen-bond donors (Lipinski definition) is 2. The van der Waals surface area contributed by atoms with Crippen molar-refractivity contribution in [2.75, 3.05) is 7.11 Å². The van der Waals surface area contributed by atoms with E-state index >= 15 is 0 Å². The topological polar surface area (TPSA) is 47.3 Å². The molecule has 0 saturated heterocycles. The predicted octanol–water partition coefficient (Wildman–Crippen LogP) is 3.94. The lowest BCUT2D eigenvalue weighted by atomic mass is 9.97. The van der Waals surface area contributed by atoms with Gasteiger partial charge in [-0.05, 0) is 30.3 Å². The van der Waals surface area contributed by atoms with Crippen LogP contribution in [0.4, 0.5) is 8.78 Å². The van der Waals surface area contributed by atoms with Crippen LogP contribution in [0.1, 0.15) is 17.2 Å². The van der Waals surface area contributed by atoms with Crippen molar-refractivity contribution in [3.8, 4) is 5.75 Å². The average molecular weight is 378 g/mol. The van der Waals surface area contributed by atoms with E-state index in [1.807, 2.05) is 0 Å². The van der Waals surface area contributed by atoms with Gasteiger partial charge in [-0.1, -0.05) is 27.5 Å². The molecule has 0 amide bonds. The van der Waals surface area contributed by atoms with Crippen molar-refractivity contribution in [2.45, 2.75) is 6.04 Å². The Kier molecular flexibility index (Phi) is 5.16. The number of halogens is 4. The van der Waals surface area contributed by atoms with E-state index in [4.69, 9.17) is 22.2 Å². The molecule has 1 atom stereocenters. The van der Waals surface area contributed by atoms with Crippen LogP contribution in [0, 0.1) is 11.6 Å². The molecule has 2 aromatic rings. The molecule has 0 spiro atoms. The molecule has 3 N–H and O–H groups in total. The Hall–Kier alpha value is -1.21. The van der Waals surface area contributed by atoms with Crippen LogP contribution >= 0.6 is 27.5 Å². The predicted molar refractivity (Wildman–Crippen MR) is 81.2 cm³/mol. The van der Waals surface area contributed by atoms with Crippen LogP contribution in [0.5, 0.6) is 5.75 Å². The number of hydrogen-bond acceptors (Lipinski definition) is 3. The lowest BCUT2D eigenvalue weighted by molar-refractivity contribution is 0.401. The van der Waals surface area contributed by atoms with Crippen LogP contribution in [-0.2, 0) is 0 Å². The lowest BCUT2D eigenvalue weighted by Gasteiger charge is -2.21. The smallest absolute Gasteiger partial charge is 0.132 e. The summed E-state index contributed by atoms with van der Waals surface area (Å²) < 4.78 is 33.8. The van der Waals surface area contributed by atoms with Crippen molar-refractivity contribution in [3.05, 3.63) is 62.6 Å². The van der Waals surface area contributed by atoms with Gasteiger partial charge in [-0.15, -0.1) is 0 Å². The molecule has 112 valence electrons. The van der Waals surface area contributed by atoms with Crippen molar-refractivity contribution < 1.29 is 13.5 Å². The second kappa shape index (κ2) is 6.70. The number of nitrogens with one attached hydrogen (secondary N) is 1. The summed E-state index contributed by atoms with van der Waals surface area (Å²) >= 11 is 8.98. The Morgan fingerprint density at radius 2 is 1.86 bits per heavy atom. The van der Waals surface area contributed by atoms with Crippen molar-refractivity contribution >= 4 is 27.5 Å². The summed E-state index contributed by atoms with van der Waals surface area (Å²) in [7, 11) is 1.45. The Bertz CT molecular complexity index is 646. The lowest BCUT2D eigenvalue weighted by Crippen LogP contribution is -2.30. The maximum Gasteiger partial charge on any atom is 0.132 e. The van der Waals surface area contributed by atoms with Gasteiger partial charge in [-0.3, -0.25) is 5.84 Å². The summed E-state index contributed by atoms with van der Waals surface area (Å²) in [6.45, 7) is 0. The summed E-state index contributed by atoms with van der Waals surface area (Å²) in [6.07, 6.45) is 0. The molecule has 0 aliphatic heterocycles. The van der Waals surface area contributed by atoms with E-state index < -0.39 is 17.7 Å². The maximum atomic E-state index is 14.1. The molecule has 0 fully saturated rings. The molecule has 2 rings (SSSR count). The molecule has 2 aromatic carbocycles. The van der Waals surface area contributed by atoms with E-state index in [0.717, 1.165) is 0 Å². The van der Waals surface area contributed by atoms with Gasteiger partial charge in [-0.25, -0.2) is 14.2 Å². The Morgan fingerprint density at radius 3 is 2.38 bits per heavy atom. The monoisotopic (exact) mass is 376 g/mol. The third kappa shape index (κ3) is 3.35. The second-order valence-electron chi connectivity index (χ2n) is 4.27. The quantitative estimate of drug-likeness (QED) is 0.627. The third-order valence-corrected chi connectivity index (χ3v) is 3.69. The highest BCUT2D eigenvalue weighted by molar-refractivity contribution is 9.10. The van der Waals surface area contributed by atoms with Gasteiger partial charge < -0.3 is 4.74 Å². The van der Waals surface area contributed by atoms with Crippen molar-refractivity contribution in [2.24, 2.45) is 5.84 Å². The molecule has 0 aromatic heterocycles. The number of methoxy groups -OCH3 is 1. The highest BCUT2D eigenvalue weighted by Gasteiger charge is 2.24. The Balaban J connectivity index is 2.63. The zero-order chi connectivity index (χ0) is 15.6. The summed E-state index contributed by atoms with van der Waals surface area (Å²) in [5.41, 5.74) is 2.63. The van der Waals surface area contributed by atoms with Gasteiger partial charge in [0.15, 0.2) is 0 Å². The van der Waals surface area contributed by atoms with Crippen LogP contribution in [0.2, 0.25) is 5.02 Å². The average Bonchev–Trinajstić information content (AvgIpc) is 2.42. The van der Waals surface area contributed by atoms with Gasteiger partial charge in [0.25, 0.3) is 0 Å². The minimum Gasteiger partial charge on any atom is -0.496 e. The van der Waals surface area contributed by atoms with Crippen LogP contribution in [-0.4, -0.2) is 7.11 Å². The first-order chi connectivity index (χ1) is 9.97. The van der Waals surface area contributed by atoms with E-state index in [1.54, 1.807) is 18.2 Å². The fourth-order valence-corrected chi connectivity index (χ4v) is 2.67. The van der Waals surface area contributed by atoms with Gasteiger partial charge in [0.1, 0.15) is 17.4 Å². The number of hydrazine groups is 1. The molecular formula is C14H12BrClF2N2O. The van der Waals surface area contributed by atoms with Crippen molar-refractivity contribution in [1.82, 2.24) is 5.43 Å². The number of benzene rings is 2. The summed E-state index contributed by atoms with van der Waals surface area (Å²) in [5.74, 6) is 4.45. The molecule has 0 aliphatic rings. The third-order valence-electron chi connectivity index (χ3n) is 3.00. The van der Waals surface area contributed by atoms with Gasteiger partial charge >= 0.3 is 0 Å². The van der Waals surface area contributed by atoms with Crippen LogP contribution < -0.4 is 16.0 Å². The molecule has 0 aliphatic carbocycles. The highest BCUT2D eigenvalue weighted by atomic mass is 79.9. The number of nitrogens with two attached hydrogens (primary N) is 1. The van der Waals surface area contributed by atoms with Gasteiger partial charge in [-0.2, -0.15) is 0 Å². The highest BCUT2D eigenvalue weighted by Crippen LogP contribution is 2.35. The van der Waals surface area contributed by atoms with Gasteiger partial charge in [0, 0.05) is 20.6 Å². The summed E-state index contributed by atoms with van der Waals surface area (Å²) in [4.78, 5) is 0. The maximum absolute atomic E-state index is 14.1. The van der Waals surface area contributed by atoms with E-state index in [1.165, 1.54) is 19.2 Å². The van der Waals surface area contributed by atoms with E-state index in [9.17, 15) is 8.78 Å². The minimum absolute atomic E-state index is 0.207. The van der Waals surface area contributed by atoms with Crippen molar-refractivity contribution in [1.29, 1.82) is 0 Å². The first-order valence-corrected chi connectivity index (χ1v) is 7.09. The van der Waals surface area contributed by atoms with Gasteiger partial charge in [0.2, 0.25) is 0 Å².